The fourth-order valence-electron chi connectivity index (χ4n) is 1.44. The molecular formula is C12H14ClFN6O. The largest absolute Gasteiger partial charge is 0.461 e. The number of ether oxygens (including phenoxy) is 1. The lowest BCUT2D eigenvalue weighted by Crippen LogP contribution is -2.15. The van der Waals surface area contributed by atoms with Crippen LogP contribution in [0.25, 0.3) is 0 Å². The Labute approximate surface area is 125 Å². The van der Waals surface area contributed by atoms with Gasteiger partial charge in [-0.3, -0.25) is 5.43 Å². The molecule has 0 bridgehead atoms. The van der Waals surface area contributed by atoms with Gasteiger partial charge in [-0.15, -0.1) is 0 Å². The first kappa shape index (κ1) is 15.2. The topological polar surface area (TPSA) is 98.0 Å². The van der Waals surface area contributed by atoms with E-state index >= 15 is 0 Å². The first-order chi connectivity index (χ1) is 9.97. The zero-order valence-electron chi connectivity index (χ0n) is 11.4. The maximum Gasteiger partial charge on any atom is 0.323 e. The van der Waals surface area contributed by atoms with Crippen LogP contribution in [0.2, 0.25) is 5.02 Å². The van der Waals surface area contributed by atoms with Crippen LogP contribution in [0.1, 0.15) is 13.8 Å². The van der Waals surface area contributed by atoms with Gasteiger partial charge in [0.1, 0.15) is 5.82 Å². The maximum atomic E-state index is 13.4. The Balaban J connectivity index is 2.27. The van der Waals surface area contributed by atoms with Gasteiger partial charge < -0.3 is 10.1 Å². The summed E-state index contributed by atoms with van der Waals surface area (Å²) in [5.41, 5.74) is 2.74. The maximum absolute atomic E-state index is 13.4. The second-order valence-electron chi connectivity index (χ2n) is 4.33. The third kappa shape index (κ3) is 4.14. The van der Waals surface area contributed by atoms with Crippen LogP contribution in [0.3, 0.4) is 0 Å². The van der Waals surface area contributed by atoms with Crippen molar-refractivity contribution in [2.45, 2.75) is 20.0 Å². The minimum atomic E-state index is -0.549. The molecule has 0 amide bonds. The highest BCUT2D eigenvalue weighted by Crippen LogP contribution is 2.21. The smallest absolute Gasteiger partial charge is 0.323 e. The molecule has 0 spiro atoms. The molecule has 0 aliphatic rings. The van der Waals surface area contributed by atoms with Crippen LogP contribution in [-0.4, -0.2) is 21.1 Å². The van der Waals surface area contributed by atoms with Gasteiger partial charge in [0.05, 0.1) is 11.1 Å². The molecule has 0 radical (unpaired) electrons. The Morgan fingerprint density at radius 3 is 2.57 bits per heavy atom. The summed E-state index contributed by atoms with van der Waals surface area (Å²) >= 11 is 5.62. The summed E-state index contributed by atoms with van der Waals surface area (Å²) in [7, 11) is 0. The van der Waals surface area contributed by atoms with Crippen LogP contribution in [0.4, 0.5) is 22.0 Å². The molecule has 0 saturated heterocycles. The highest BCUT2D eigenvalue weighted by molar-refractivity contribution is 6.30. The van der Waals surface area contributed by atoms with E-state index in [2.05, 4.69) is 25.7 Å². The quantitative estimate of drug-likeness (QED) is 0.576. The molecule has 0 saturated carbocycles. The molecule has 9 heteroatoms. The van der Waals surface area contributed by atoms with Crippen molar-refractivity contribution in [2.75, 3.05) is 10.7 Å². The van der Waals surface area contributed by atoms with Crippen LogP contribution in [0.5, 0.6) is 6.01 Å². The van der Waals surface area contributed by atoms with E-state index in [4.69, 9.17) is 22.2 Å². The second kappa shape index (κ2) is 6.51. The molecular weight excluding hydrogens is 299 g/mol. The van der Waals surface area contributed by atoms with Gasteiger partial charge in [-0.25, -0.2) is 10.2 Å². The number of aromatic nitrogens is 3. The third-order valence-electron chi connectivity index (χ3n) is 2.26. The zero-order valence-corrected chi connectivity index (χ0v) is 12.1. The van der Waals surface area contributed by atoms with E-state index in [1.54, 1.807) is 6.07 Å². The van der Waals surface area contributed by atoms with Gasteiger partial charge in [0.2, 0.25) is 11.9 Å². The van der Waals surface area contributed by atoms with Crippen LogP contribution in [-0.2, 0) is 0 Å². The molecule has 2 aromatic rings. The Morgan fingerprint density at radius 2 is 1.95 bits per heavy atom. The van der Waals surface area contributed by atoms with E-state index in [1.807, 2.05) is 13.8 Å². The van der Waals surface area contributed by atoms with E-state index in [0.717, 1.165) is 0 Å². The second-order valence-corrected chi connectivity index (χ2v) is 4.74. The van der Waals surface area contributed by atoms with Crippen LogP contribution >= 0.6 is 11.6 Å². The van der Waals surface area contributed by atoms with Crippen molar-refractivity contribution in [2.24, 2.45) is 5.84 Å². The molecule has 0 unspecified atom stereocenters. The monoisotopic (exact) mass is 312 g/mol. The van der Waals surface area contributed by atoms with E-state index in [0.29, 0.717) is 5.69 Å². The zero-order chi connectivity index (χ0) is 15.4. The van der Waals surface area contributed by atoms with E-state index in [9.17, 15) is 4.39 Å². The molecule has 112 valence electrons. The van der Waals surface area contributed by atoms with E-state index in [-0.39, 0.29) is 29.0 Å². The number of benzene rings is 1. The van der Waals surface area contributed by atoms with E-state index < -0.39 is 5.82 Å². The van der Waals surface area contributed by atoms with Gasteiger partial charge in [-0.1, -0.05) is 11.6 Å². The highest BCUT2D eigenvalue weighted by atomic mass is 35.5. The normalized spacial score (nSPS) is 10.6. The number of hydrogen-bond donors (Lipinski definition) is 3. The molecule has 7 nitrogen and oxygen atoms in total. The Kier molecular flexibility index (Phi) is 4.71. The summed E-state index contributed by atoms with van der Waals surface area (Å²) in [6, 6.07) is 4.34. The number of rotatable bonds is 5. The molecule has 0 aliphatic heterocycles. The standard InChI is InChI=1S/C12H14ClFN6O/c1-6(2)21-12-18-10(17-11(19-12)20-15)16-7-3-4-8(13)9(14)5-7/h3-6H,15H2,1-2H3,(H2,16,17,18,19,20). The van der Waals surface area contributed by atoms with E-state index in [1.165, 1.54) is 12.1 Å². The van der Waals surface area contributed by atoms with Crippen LogP contribution < -0.4 is 21.3 Å². The van der Waals surface area contributed by atoms with Crippen molar-refractivity contribution in [1.29, 1.82) is 0 Å². The number of nitrogens with two attached hydrogens (primary N) is 1. The van der Waals surface area contributed by atoms with Crippen molar-refractivity contribution < 1.29 is 9.13 Å². The molecule has 0 aliphatic carbocycles. The molecule has 2 rings (SSSR count). The van der Waals surface area contributed by atoms with Gasteiger partial charge in [-0.2, -0.15) is 15.0 Å². The SMILES string of the molecule is CC(C)Oc1nc(NN)nc(Nc2ccc(Cl)c(F)c2)n1. The first-order valence-corrected chi connectivity index (χ1v) is 6.47. The van der Waals surface area contributed by atoms with Crippen molar-refractivity contribution in [3.63, 3.8) is 0 Å². The lowest BCUT2D eigenvalue weighted by atomic mass is 10.3. The lowest BCUT2D eigenvalue weighted by molar-refractivity contribution is 0.222. The first-order valence-electron chi connectivity index (χ1n) is 6.09. The molecule has 0 atom stereocenters. The molecule has 4 N–H and O–H groups in total. The Bertz CT molecular complexity index is 639. The summed E-state index contributed by atoms with van der Waals surface area (Å²) in [6.45, 7) is 3.67. The fourth-order valence-corrected chi connectivity index (χ4v) is 1.56. The van der Waals surface area contributed by atoms with Gasteiger partial charge in [0.15, 0.2) is 0 Å². The number of hydrazine groups is 1. The van der Waals surface area contributed by atoms with Crippen molar-refractivity contribution in [3.05, 3.63) is 29.0 Å². The third-order valence-corrected chi connectivity index (χ3v) is 2.57. The van der Waals surface area contributed by atoms with Gasteiger partial charge in [-0.05, 0) is 32.0 Å². The average molecular weight is 313 g/mol. The Morgan fingerprint density at radius 1 is 1.24 bits per heavy atom. The number of nitrogens with one attached hydrogen (secondary N) is 2. The molecule has 21 heavy (non-hydrogen) atoms. The number of nitrogens with zero attached hydrogens (tertiary/aromatic N) is 3. The van der Waals surface area contributed by atoms with Crippen molar-refractivity contribution in [3.8, 4) is 6.01 Å². The fraction of sp³-hybridized carbons (Fsp3) is 0.250. The number of nitrogen functional groups attached to an aromatic ring is 1. The minimum Gasteiger partial charge on any atom is -0.461 e. The molecule has 1 aromatic heterocycles. The van der Waals surface area contributed by atoms with Gasteiger partial charge >= 0.3 is 6.01 Å². The summed E-state index contributed by atoms with van der Waals surface area (Å²) < 4.78 is 18.8. The van der Waals surface area contributed by atoms with Gasteiger partial charge in [0, 0.05) is 5.69 Å². The summed E-state index contributed by atoms with van der Waals surface area (Å²) in [5.74, 6) is 5.03. The predicted octanol–water partition coefficient (Wildman–Crippen LogP) is 2.48. The van der Waals surface area contributed by atoms with Crippen molar-refractivity contribution in [1.82, 2.24) is 15.0 Å². The van der Waals surface area contributed by atoms with Crippen LogP contribution in [0.15, 0.2) is 18.2 Å². The predicted molar refractivity (Wildman–Crippen MR) is 78.1 cm³/mol. The van der Waals surface area contributed by atoms with Crippen LogP contribution in [0, 0.1) is 5.82 Å². The lowest BCUT2D eigenvalue weighted by Gasteiger charge is -2.11. The Hall–Kier alpha value is -2.19. The number of anilines is 3. The average Bonchev–Trinajstić information content (AvgIpc) is 2.42. The minimum absolute atomic E-state index is 0.0318. The summed E-state index contributed by atoms with van der Waals surface area (Å²) in [5, 5.41) is 2.86. The summed E-state index contributed by atoms with van der Waals surface area (Å²) in [4.78, 5) is 12.0. The van der Waals surface area contributed by atoms with Crippen molar-refractivity contribution >= 4 is 29.2 Å². The van der Waals surface area contributed by atoms with Gasteiger partial charge in [0.25, 0.3) is 0 Å². The molecule has 1 heterocycles. The highest BCUT2D eigenvalue weighted by Gasteiger charge is 2.09. The number of halogens is 2. The number of hydrogen-bond acceptors (Lipinski definition) is 7. The summed E-state index contributed by atoms with van der Waals surface area (Å²) in [6.07, 6.45) is -0.112. The molecule has 1 aromatic carbocycles. The molecule has 0 fully saturated rings.